The number of nitrogens with one attached hydrogen (secondary N) is 1. The van der Waals surface area contributed by atoms with E-state index >= 15 is 0 Å². The summed E-state index contributed by atoms with van der Waals surface area (Å²) in [5.41, 5.74) is 2.04. The zero-order valence-electron chi connectivity index (χ0n) is 15.5. The first-order valence-electron chi connectivity index (χ1n) is 8.81. The minimum absolute atomic E-state index is 0.0300. The molecule has 150 valence electrons. The maximum Gasteiger partial charge on any atom is 0.266 e. The third kappa shape index (κ3) is 5.78. The largest absolute Gasteiger partial charge is 0.487 e. The molecule has 30 heavy (non-hydrogen) atoms. The molecule has 1 N–H and O–H groups in total. The molecule has 0 aromatic heterocycles. The van der Waals surface area contributed by atoms with E-state index in [1.807, 2.05) is 12.1 Å². The number of carbonyl (C=O) groups excluding carboxylic acids is 1. The molecule has 1 amide bonds. The first kappa shape index (κ1) is 21.8. The maximum atomic E-state index is 13.0. The van der Waals surface area contributed by atoms with Crippen molar-refractivity contribution in [3.05, 3.63) is 98.2 Å². The van der Waals surface area contributed by atoms with Crippen molar-refractivity contribution in [3.8, 4) is 11.8 Å². The minimum Gasteiger partial charge on any atom is -0.487 e. The van der Waals surface area contributed by atoms with Crippen LogP contribution in [0.2, 0.25) is 0 Å². The third-order valence-corrected chi connectivity index (χ3v) is 5.20. The first-order valence-corrected chi connectivity index (χ1v) is 10.4. The maximum absolute atomic E-state index is 13.0. The summed E-state index contributed by atoms with van der Waals surface area (Å²) < 4.78 is 20.1. The quantitative estimate of drug-likeness (QED) is 0.294. The number of ether oxygens (including phenoxy) is 1. The molecule has 0 unspecified atom stereocenters. The van der Waals surface area contributed by atoms with Crippen molar-refractivity contribution in [1.82, 2.24) is 0 Å². The molecule has 4 nitrogen and oxygen atoms in total. The van der Waals surface area contributed by atoms with Gasteiger partial charge in [0, 0.05) is 5.69 Å². The Hall–Kier alpha value is -2.95. The second-order valence-electron chi connectivity index (χ2n) is 6.22. The molecule has 0 aliphatic carbocycles. The molecule has 0 saturated heterocycles. The fourth-order valence-electron chi connectivity index (χ4n) is 2.57. The molecule has 3 aromatic carbocycles. The van der Waals surface area contributed by atoms with Gasteiger partial charge in [-0.25, -0.2) is 4.39 Å². The average Bonchev–Trinajstić information content (AvgIpc) is 2.73. The highest BCUT2D eigenvalue weighted by molar-refractivity contribution is 9.11. The van der Waals surface area contributed by atoms with Gasteiger partial charge in [-0.15, -0.1) is 0 Å². The van der Waals surface area contributed by atoms with Gasteiger partial charge < -0.3 is 10.1 Å². The second kappa shape index (κ2) is 10.2. The van der Waals surface area contributed by atoms with Gasteiger partial charge in [0.2, 0.25) is 0 Å². The van der Waals surface area contributed by atoms with Crippen LogP contribution in [0.4, 0.5) is 10.1 Å². The number of anilines is 1. The fourth-order valence-corrected chi connectivity index (χ4v) is 4.02. The van der Waals surface area contributed by atoms with Crippen molar-refractivity contribution in [2.75, 3.05) is 5.32 Å². The SMILES string of the molecule is N#C/C(=C/c1cc(Br)c(OCc2ccc(F)cc2)c(Br)c1)C(=O)Nc1ccccc1. The molecule has 0 aliphatic heterocycles. The summed E-state index contributed by atoms with van der Waals surface area (Å²) in [6.07, 6.45) is 1.50. The van der Waals surface area contributed by atoms with Crippen LogP contribution in [0.3, 0.4) is 0 Å². The summed E-state index contributed by atoms with van der Waals surface area (Å²) >= 11 is 6.92. The van der Waals surface area contributed by atoms with Crippen molar-refractivity contribution in [1.29, 1.82) is 5.26 Å². The Bertz CT molecular complexity index is 1100. The van der Waals surface area contributed by atoms with E-state index in [-0.39, 0.29) is 18.0 Å². The lowest BCUT2D eigenvalue weighted by molar-refractivity contribution is -0.112. The van der Waals surface area contributed by atoms with Gasteiger partial charge in [0.05, 0.1) is 8.95 Å². The van der Waals surface area contributed by atoms with Crippen LogP contribution in [0.15, 0.2) is 81.2 Å². The molecule has 3 aromatic rings. The molecular weight excluding hydrogens is 515 g/mol. The number of benzene rings is 3. The van der Waals surface area contributed by atoms with E-state index in [2.05, 4.69) is 37.2 Å². The average molecular weight is 530 g/mol. The molecule has 0 fully saturated rings. The summed E-state index contributed by atoms with van der Waals surface area (Å²) in [5, 5.41) is 12.1. The van der Waals surface area contributed by atoms with Gasteiger partial charge in [-0.3, -0.25) is 4.79 Å². The van der Waals surface area contributed by atoms with Gasteiger partial charge in [0.15, 0.2) is 0 Å². The predicted molar refractivity (Wildman–Crippen MR) is 121 cm³/mol. The van der Waals surface area contributed by atoms with E-state index in [1.165, 1.54) is 18.2 Å². The van der Waals surface area contributed by atoms with Crippen LogP contribution >= 0.6 is 31.9 Å². The summed E-state index contributed by atoms with van der Waals surface area (Å²) in [4.78, 5) is 12.4. The standard InChI is InChI=1S/C23H15Br2FN2O2/c24-20-11-16(10-17(13-27)23(29)28-19-4-2-1-3-5-19)12-21(25)22(20)30-14-15-6-8-18(26)9-7-15/h1-12H,14H2,(H,28,29)/b17-10-. The van der Waals surface area contributed by atoms with Crippen LogP contribution in [0.25, 0.3) is 6.08 Å². The van der Waals surface area contributed by atoms with Crippen LogP contribution in [0, 0.1) is 17.1 Å². The van der Waals surface area contributed by atoms with Gasteiger partial charge in [0.1, 0.15) is 29.8 Å². The number of rotatable bonds is 6. The lowest BCUT2D eigenvalue weighted by atomic mass is 10.1. The monoisotopic (exact) mass is 528 g/mol. The zero-order chi connectivity index (χ0) is 21.5. The first-order chi connectivity index (χ1) is 14.5. The lowest BCUT2D eigenvalue weighted by Gasteiger charge is -2.12. The number of nitrogens with zero attached hydrogens (tertiary/aromatic N) is 1. The number of hydrogen-bond acceptors (Lipinski definition) is 3. The molecule has 7 heteroatoms. The number of amides is 1. The highest BCUT2D eigenvalue weighted by Crippen LogP contribution is 2.36. The van der Waals surface area contributed by atoms with Gasteiger partial charge in [-0.2, -0.15) is 5.26 Å². The van der Waals surface area contributed by atoms with Crippen molar-refractivity contribution < 1.29 is 13.9 Å². The van der Waals surface area contributed by atoms with Crippen molar-refractivity contribution in [2.24, 2.45) is 0 Å². The van der Waals surface area contributed by atoms with Gasteiger partial charge >= 0.3 is 0 Å². The fraction of sp³-hybridized carbons (Fsp3) is 0.0435. The smallest absolute Gasteiger partial charge is 0.266 e. The summed E-state index contributed by atoms with van der Waals surface area (Å²) in [6, 6.07) is 20.4. The molecule has 0 aliphatic rings. The highest BCUT2D eigenvalue weighted by atomic mass is 79.9. The number of carbonyl (C=O) groups is 1. The van der Waals surface area contributed by atoms with E-state index < -0.39 is 5.91 Å². The van der Waals surface area contributed by atoms with Gasteiger partial charge in [-0.1, -0.05) is 30.3 Å². The summed E-state index contributed by atoms with van der Waals surface area (Å²) in [7, 11) is 0. The zero-order valence-corrected chi connectivity index (χ0v) is 18.7. The number of hydrogen-bond donors (Lipinski definition) is 1. The Balaban J connectivity index is 1.76. The predicted octanol–water partition coefficient (Wildman–Crippen LogP) is 6.48. The molecule has 0 heterocycles. The lowest BCUT2D eigenvalue weighted by Crippen LogP contribution is -2.13. The molecular formula is C23H15Br2FN2O2. The van der Waals surface area contributed by atoms with Crippen LogP contribution in [0.1, 0.15) is 11.1 Å². The third-order valence-electron chi connectivity index (χ3n) is 4.02. The molecule has 0 bridgehead atoms. The summed E-state index contributed by atoms with van der Waals surface area (Å²) in [5.74, 6) is -0.238. The van der Waals surface area contributed by atoms with Crippen LogP contribution in [0.5, 0.6) is 5.75 Å². The van der Waals surface area contributed by atoms with Gasteiger partial charge in [-0.05, 0) is 85.5 Å². The highest BCUT2D eigenvalue weighted by Gasteiger charge is 2.13. The number of nitriles is 1. The van der Waals surface area contributed by atoms with E-state index in [0.717, 1.165) is 5.56 Å². The van der Waals surface area contributed by atoms with Crippen molar-refractivity contribution in [2.45, 2.75) is 6.61 Å². The molecule has 0 spiro atoms. The summed E-state index contributed by atoms with van der Waals surface area (Å²) in [6.45, 7) is 0.260. The van der Waals surface area contributed by atoms with Gasteiger partial charge in [0.25, 0.3) is 5.91 Å². The Morgan fingerprint density at radius 3 is 2.30 bits per heavy atom. The normalized spacial score (nSPS) is 10.9. The Kier molecular flexibility index (Phi) is 7.39. The minimum atomic E-state index is -0.493. The number of para-hydroxylation sites is 1. The van der Waals surface area contributed by atoms with Crippen LogP contribution in [-0.2, 0) is 11.4 Å². The van der Waals surface area contributed by atoms with E-state index in [1.54, 1.807) is 48.5 Å². The van der Waals surface area contributed by atoms with Crippen LogP contribution in [-0.4, -0.2) is 5.91 Å². The topological polar surface area (TPSA) is 62.1 Å². The second-order valence-corrected chi connectivity index (χ2v) is 7.93. The van der Waals surface area contributed by atoms with E-state index in [9.17, 15) is 14.4 Å². The van der Waals surface area contributed by atoms with Crippen molar-refractivity contribution >= 4 is 49.5 Å². The molecule has 3 rings (SSSR count). The Morgan fingerprint density at radius 1 is 1.07 bits per heavy atom. The number of halogens is 3. The van der Waals surface area contributed by atoms with E-state index in [0.29, 0.717) is 25.9 Å². The molecule has 0 radical (unpaired) electrons. The van der Waals surface area contributed by atoms with Crippen LogP contribution < -0.4 is 10.1 Å². The Labute approximate surface area is 190 Å². The molecule has 0 saturated carbocycles. The Morgan fingerprint density at radius 2 is 1.70 bits per heavy atom. The van der Waals surface area contributed by atoms with Crippen molar-refractivity contribution in [3.63, 3.8) is 0 Å². The van der Waals surface area contributed by atoms with E-state index in [4.69, 9.17) is 4.74 Å². The molecule has 0 atom stereocenters.